The van der Waals surface area contributed by atoms with E-state index in [0.29, 0.717) is 22.6 Å². The Balaban J connectivity index is 1.46. The molecule has 4 aromatic rings. The molecule has 0 bridgehead atoms. The predicted octanol–water partition coefficient (Wildman–Crippen LogP) is 5.49. The lowest BCUT2D eigenvalue weighted by molar-refractivity contribution is 0.0977. The SMILES string of the molecule is CCc1ccc(C(=O)NC(=S)Nc2ccc3oc(-c4cccc(C)c4)nc3c2)cc1. The Morgan fingerprint density at radius 3 is 2.60 bits per heavy atom. The average molecular weight is 416 g/mol. The molecule has 0 spiro atoms. The van der Waals surface area contributed by atoms with Gasteiger partial charge in [0.1, 0.15) is 5.52 Å². The monoisotopic (exact) mass is 415 g/mol. The van der Waals surface area contributed by atoms with Crippen molar-refractivity contribution in [3.63, 3.8) is 0 Å². The standard InChI is InChI=1S/C24H21N3O2S/c1-3-16-7-9-17(10-8-16)22(28)27-24(30)25-19-11-12-21-20(14-19)26-23(29-21)18-6-4-5-15(2)13-18/h4-14H,3H2,1-2H3,(H2,25,27,28,30). The van der Waals surface area contributed by atoms with E-state index in [-0.39, 0.29) is 11.0 Å². The molecule has 4 rings (SSSR count). The van der Waals surface area contributed by atoms with Crippen molar-refractivity contribution in [3.05, 3.63) is 83.4 Å². The van der Waals surface area contributed by atoms with Crippen molar-refractivity contribution in [2.45, 2.75) is 20.3 Å². The van der Waals surface area contributed by atoms with Gasteiger partial charge in [-0.3, -0.25) is 10.1 Å². The van der Waals surface area contributed by atoms with Crippen molar-refractivity contribution in [1.82, 2.24) is 10.3 Å². The summed E-state index contributed by atoms with van der Waals surface area (Å²) in [5, 5.41) is 5.96. The van der Waals surface area contributed by atoms with Crippen LogP contribution in [-0.2, 0) is 6.42 Å². The Morgan fingerprint density at radius 2 is 1.87 bits per heavy atom. The zero-order valence-electron chi connectivity index (χ0n) is 16.7. The van der Waals surface area contributed by atoms with Gasteiger partial charge in [-0.15, -0.1) is 0 Å². The number of carbonyl (C=O) groups excluding carboxylic acids is 1. The fourth-order valence-corrected chi connectivity index (χ4v) is 3.35. The molecule has 0 saturated carbocycles. The van der Waals surface area contributed by atoms with Crippen LogP contribution in [0.4, 0.5) is 5.69 Å². The quantitative estimate of drug-likeness (QED) is 0.431. The van der Waals surface area contributed by atoms with E-state index in [1.165, 1.54) is 5.56 Å². The number of fused-ring (bicyclic) bond motifs is 1. The summed E-state index contributed by atoms with van der Waals surface area (Å²) in [6.45, 7) is 4.10. The molecule has 0 radical (unpaired) electrons. The van der Waals surface area contributed by atoms with E-state index in [1.54, 1.807) is 12.1 Å². The number of carbonyl (C=O) groups is 1. The number of nitrogens with one attached hydrogen (secondary N) is 2. The molecule has 0 aliphatic rings. The Kier molecular flexibility index (Phi) is 5.59. The van der Waals surface area contributed by atoms with Gasteiger partial charge in [0.05, 0.1) is 0 Å². The molecule has 1 amide bonds. The molecule has 30 heavy (non-hydrogen) atoms. The van der Waals surface area contributed by atoms with Crippen molar-refractivity contribution in [3.8, 4) is 11.5 Å². The minimum atomic E-state index is -0.251. The number of thiocarbonyl (C=S) groups is 1. The summed E-state index contributed by atoms with van der Waals surface area (Å²) < 4.78 is 5.87. The van der Waals surface area contributed by atoms with Gasteiger partial charge in [0, 0.05) is 16.8 Å². The second-order valence-corrected chi connectivity index (χ2v) is 7.44. The molecule has 0 saturated heterocycles. The van der Waals surface area contributed by atoms with Crippen molar-refractivity contribution in [2.24, 2.45) is 0 Å². The molecular weight excluding hydrogens is 394 g/mol. The summed E-state index contributed by atoms with van der Waals surface area (Å²) in [5.41, 5.74) is 5.92. The largest absolute Gasteiger partial charge is 0.436 e. The Labute approximate surface area is 180 Å². The zero-order valence-corrected chi connectivity index (χ0v) is 17.5. The van der Waals surface area contributed by atoms with Gasteiger partial charge >= 0.3 is 0 Å². The Bertz CT molecular complexity index is 1230. The van der Waals surface area contributed by atoms with Gasteiger partial charge in [-0.2, -0.15) is 0 Å². The van der Waals surface area contributed by atoms with E-state index in [1.807, 2.05) is 61.5 Å². The van der Waals surface area contributed by atoms with Crippen LogP contribution in [0, 0.1) is 6.92 Å². The van der Waals surface area contributed by atoms with Gasteiger partial charge in [-0.05, 0) is 73.6 Å². The number of amides is 1. The highest BCUT2D eigenvalue weighted by Crippen LogP contribution is 2.26. The number of oxazole rings is 1. The molecule has 2 N–H and O–H groups in total. The van der Waals surface area contributed by atoms with E-state index in [9.17, 15) is 4.79 Å². The van der Waals surface area contributed by atoms with Gasteiger partial charge < -0.3 is 9.73 Å². The van der Waals surface area contributed by atoms with Gasteiger partial charge in [0.2, 0.25) is 5.89 Å². The number of benzene rings is 3. The molecule has 0 aliphatic heterocycles. The number of rotatable bonds is 4. The van der Waals surface area contributed by atoms with Crippen molar-refractivity contribution < 1.29 is 9.21 Å². The smallest absolute Gasteiger partial charge is 0.257 e. The molecule has 1 heterocycles. The maximum absolute atomic E-state index is 12.4. The van der Waals surface area contributed by atoms with Crippen molar-refractivity contribution >= 4 is 40.0 Å². The van der Waals surface area contributed by atoms with E-state index >= 15 is 0 Å². The highest BCUT2D eigenvalue weighted by atomic mass is 32.1. The second kappa shape index (κ2) is 8.47. The van der Waals surface area contributed by atoms with Crippen LogP contribution in [0.3, 0.4) is 0 Å². The van der Waals surface area contributed by atoms with Crippen LogP contribution in [-0.4, -0.2) is 16.0 Å². The fourth-order valence-electron chi connectivity index (χ4n) is 3.14. The molecule has 6 heteroatoms. The van der Waals surface area contributed by atoms with E-state index in [2.05, 4.69) is 22.5 Å². The van der Waals surface area contributed by atoms with Crippen LogP contribution < -0.4 is 10.6 Å². The fraction of sp³-hybridized carbons (Fsp3) is 0.125. The first-order chi connectivity index (χ1) is 14.5. The molecule has 0 fully saturated rings. The van der Waals surface area contributed by atoms with Crippen LogP contribution in [0.25, 0.3) is 22.6 Å². The molecule has 150 valence electrons. The molecule has 0 unspecified atom stereocenters. The first-order valence-electron chi connectivity index (χ1n) is 9.71. The lowest BCUT2D eigenvalue weighted by Gasteiger charge is -2.09. The second-order valence-electron chi connectivity index (χ2n) is 7.03. The molecule has 3 aromatic carbocycles. The lowest BCUT2D eigenvalue weighted by Crippen LogP contribution is -2.34. The highest BCUT2D eigenvalue weighted by molar-refractivity contribution is 7.80. The average Bonchev–Trinajstić information content (AvgIpc) is 3.17. The van der Waals surface area contributed by atoms with Crippen LogP contribution in [0.5, 0.6) is 0 Å². The predicted molar refractivity (Wildman–Crippen MR) is 124 cm³/mol. The van der Waals surface area contributed by atoms with Gasteiger partial charge in [0.25, 0.3) is 5.91 Å². The van der Waals surface area contributed by atoms with E-state index in [4.69, 9.17) is 16.6 Å². The number of aromatic nitrogens is 1. The number of hydrogen-bond acceptors (Lipinski definition) is 4. The molecule has 1 aromatic heterocycles. The Hall–Kier alpha value is -3.51. The van der Waals surface area contributed by atoms with Crippen molar-refractivity contribution in [2.75, 3.05) is 5.32 Å². The summed E-state index contributed by atoms with van der Waals surface area (Å²) in [5.74, 6) is 0.316. The first kappa shape index (κ1) is 19.8. The molecular formula is C24H21N3O2S. The molecule has 0 atom stereocenters. The topological polar surface area (TPSA) is 67.2 Å². The summed E-state index contributed by atoms with van der Waals surface area (Å²) in [7, 11) is 0. The third kappa shape index (κ3) is 4.39. The summed E-state index contributed by atoms with van der Waals surface area (Å²) in [6.07, 6.45) is 0.929. The lowest BCUT2D eigenvalue weighted by atomic mass is 10.1. The van der Waals surface area contributed by atoms with Gasteiger partial charge in [-0.1, -0.05) is 36.8 Å². The summed E-state index contributed by atoms with van der Waals surface area (Å²) >= 11 is 5.29. The van der Waals surface area contributed by atoms with Crippen LogP contribution in [0.2, 0.25) is 0 Å². The third-order valence-electron chi connectivity index (χ3n) is 4.76. The summed E-state index contributed by atoms with van der Waals surface area (Å²) in [4.78, 5) is 17.0. The maximum Gasteiger partial charge on any atom is 0.257 e. The minimum absolute atomic E-state index is 0.223. The number of anilines is 1. The van der Waals surface area contributed by atoms with Gasteiger partial charge in [-0.25, -0.2) is 4.98 Å². The third-order valence-corrected chi connectivity index (χ3v) is 4.97. The first-order valence-corrected chi connectivity index (χ1v) is 10.1. The van der Waals surface area contributed by atoms with E-state index < -0.39 is 0 Å². The van der Waals surface area contributed by atoms with Gasteiger partial charge in [0.15, 0.2) is 10.7 Å². The zero-order chi connectivity index (χ0) is 21.1. The molecule has 0 aliphatic carbocycles. The molecule has 5 nitrogen and oxygen atoms in total. The number of aryl methyl sites for hydroxylation is 2. The maximum atomic E-state index is 12.4. The summed E-state index contributed by atoms with van der Waals surface area (Å²) in [6, 6.07) is 21.0. The highest BCUT2D eigenvalue weighted by Gasteiger charge is 2.11. The van der Waals surface area contributed by atoms with Crippen LogP contribution in [0.1, 0.15) is 28.4 Å². The normalized spacial score (nSPS) is 10.7. The van der Waals surface area contributed by atoms with Crippen LogP contribution >= 0.6 is 12.2 Å². The number of hydrogen-bond donors (Lipinski definition) is 2. The number of nitrogens with zero attached hydrogens (tertiary/aromatic N) is 1. The Morgan fingerprint density at radius 1 is 1.07 bits per heavy atom. The van der Waals surface area contributed by atoms with Crippen LogP contribution in [0.15, 0.2) is 71.1 Å². The van der Waals surface area contributed by atoms with E-state index in [0.717, 1.165) is 23.2 Å². The minimum Gasteiger partial charge on any atom is -0.436 e. The van der Waals surface area contributed by atoms with Crippen molar-refractivity contribution in [1.29, 1.82) is 0 Å².